The Balaban J connectivity index is 1.64. The van der Waals surface area contributed by atoms with Gasteiger partial charge < -0.3 is 10.6 Å². The molecular formula is C16H20N4S. The Morgan fingerprint density at radius 3 is 2.71 bits per heavy atom. The van der Waals surface area contributed by atoms with Crippen molar-refractivity contribution in [2.75, 3.05) is 13.1 Å². The van der Waals surface area contributed by atoms with Crippen LogP contribution < -0.4 is 5.73 Å². The number of likely N-dealkylation sites (tertiary alicyclic amines) is 1. The van der Waals surface area contributed by atoms with Gasteiger partial charge in [-0.25, -0.2) is 9.98 Å². The van der Waals surface area contributed by atoms with Crippen LogP contribution in [0.5, 0.6) is 0 Å². The van der Waals surface area contributed by atoms with Gasteiger partial charge in [0, 0.05) is 24.0 Å². The average molecular weight is 300 g/mol. The van der Waals surface area contributed by atoms with Crippen molar-refractivity contribution in [2.24, 2.45) is 10.7 Å². The summed E-state index contributed by atoms with van der Waals surface area (Å²) in [6.45, 7) is 2.63. The number of hydrogen-bond donors (Lipinski definition) is 1. The SMILES string of the molecule is NC(=NCc1nc(-c2ccccc2)cs1)N1CCCCC1. The highest BCUT2D eigenvalue weighted by Crippen LogP contribution is 2.22. The molecule has 0 spiro atoms. The lowest BCUT2D eigenvalue weighted by atomic mass is 10.1. The Morgan fingerprint density at radius 1 is 1.19 bits per heavy atom. The number of rotatable bonds is 3. The van der Waals surface area contributed by atoms with Crippen LogP contribution in [0.1, 0.15) is 24.3 Å². The van der Waals surface area contributed by atoms with E-state index in [2.05, 4.69) is 32.4 Å². The number of hydrogen-bond acceptors (Lipinski definition) is 3. The molecule has 0 aliphatic carbocycles. The van der Waals surface area contributed by atoms with Crippen molar-refractivity contribution in [3.05, 3.63) is 40.7 Å². The molecule has 1 aliphatic rings. The molecule has 0 radical (unpaired) electrons. The van der Waals surface area contributed by atoms with E-state index in [-0.39, 0.29) is 0 Å². The van der Waals surface area contributed by atoms with Gasteiger partial charge in [0.25, 0.3) is 0 Å². The molecule has 0 amide bonds. The number of nitrogens with zero attached hydrogens (tertiary/aromatic N) is 3. The zero-order valence-electron chi connectivity index (χ0n) is 12.0. The zero-order valence-corrected chi connectivity index (χ0v) is 12.9. The van der Waals surface area contributed by atoms with Gasteiger partial charge in [-0.15, -0.1) is 11.3 Å². The molecule has 3 rings (SSSR count). The molecule has 1 aromatic carbocycles. The molecule has 2 heterocycles. The second kappa shape index (κ2) is 6.72. The molecule has 1 aliphatic heterocycles. The highest BCUT2D eigenvalue weighted by atomic mass is 32.1. The van der Waals surface area contributed by atoms with E-state index in [9.17, 15) is 0 Å². The Morgan fingerprint density at radius 2 is 1.95 bits per heavy atom. The van der Waals surface area contributed by atoms with E-state index >= 15 is 0 Å². The Bertz CT molecular complexity index is 600. The van der Waals surface area contributed by atoms with Crippen LogP contribution in [-0.2, 0) is 6.54 Å². The highest BCUT2D eigenvalue weighted by molar-refractivity contribution is 7.09. The molecule has 1 fully saturated rings. The molecule has 1 aromatic heterocycles. The van der Waals surface area contributed by atoms with Gasteiger partial charge in [-0.1, -0.05) is 30.3 Å². The summed E-state index contributed by atoms with van der Waals surface area (Å²) in [5, 5.41) is 3.09. The van der Waals surface area contributed by atoms with Gasteiger partial charge >= 0.3 is 0 Å². The van der Waals surface area contributed by atoms with Gasteiger partial charge in [0.05, 0.1) is 12.2 Å². The fourth-order valence-electron chi connectivity index (χ4n) is 2.50. The van der Waals surface area contributed by atoms with E-state index < -0.39 is 0 Å². The van der Waals surface area contributed by atoms with Crippen molar-refractivity contribution in [3.63, 3.8) is 0 Å². The van der Waals surface area contributed by atoms with E-state index in [4.69, 9.17) is 5.73 Å². The predicted octanol–water partition coefficient (Wildman–Crippen LogP) is 3.11. The third-order valence-electron chi connectivity index (χ3n) is 3.68. The van der Waals surface area contributed by atoms with Crippen LogP contribution >= 0.6 is 11.3 Å². The van der Waals surface area contributed by atoms with Crippen molar-refractivity contribution >= 4 is 17.3 Å². The maximum Gasteiger partial charge on any atom is 0.191 e. The van der Waals surface area contributed by atoms with Crippen molar-refractivity contribution in [1.29, 1.82) is 0 Å². The van der Waals surface area contributed by atoms with E-state index in [1.54, 1.807) is 11.3 Å². The van der Waals surface area contributed by atoms with Gasteiger partial charge in [-0.3, -0.25) is 0 Å². The molecule has 0 atom stereocenters. The van der Waals surface area contributed by atoms with Gasteiger partial charge in [-0.05, 0) is 19.3 Å². The first-order valence-corrected chi connectivity index (χ1v) is 8.25. The maximum absolute atomic E-state index is 6.07. The van der Waals surface area contributed by atoms with Gasteiger partial charge in [0.15, 0.2) is 5.96 Å². The fourth-order valence-corrected chi connectivity index (χ4v) is 3.22. The summed E-state index contributed by atoms with van der Waals surface area (Å²) in [6, 6.07) is 10.2. The fraction of sp³-hybridized carbons (Fsp3) is 0.375. The van der Waals surface area contributed by atoms with Crippen LogP contribution in [0.4, 0.5) is 0 Å². The normalized spacial score (nSPS) is 16.2. The van der Waals surface area contributed by atoms with Gasteiger partial charge in [0.2, 0.25) is 0 Å². The van der Waals surface area contributed by atoms with E-state index in [1.807, 2.05) is 18.2 Å². The molecule has 0 unspecified atom stereocenters. The minimum absolute atomic E-state index is 0.569. The number of nitrogens with two attached hydrogens (primary N) is 1. The summed E-state index contributed by atoms with van der Waals surface area (Å²) < 4.78 is 0. The standard InChI is InChI=1S/C16H20N4S/c17-16(20-9-5-2-6-10-20)18-11-15-19-14(12-21-15)13-7-3-1-4-8-13/h1,3-4,7-8,12H,2,5-6,9-11H2,(H2,17,18). The second-order valence-corrected chi connectivity index (χ2v) is 6.16. The summed E-state index contributed by atoms with van der Waals surface area (Å²) in [5.74, 6) is 0.658. The van der Waals surface area contributed by atoms with Crippen LogP contribution in [0.2, 0.25) is 0 Å². The average Bonchev–Trinajstić information content (AvgIpc) is 3.03. The van der Waals surface area contributed by atoms with Crippen LogP contribution in [0, 0.1) is 0 Å². The monoisotopic (exact) mass is 300 g/mol. The van der Waals surface area contributed by atoms with Crippen molar-refractivity contribution < 1.29 is 0 Å². The van der Waals surface area contributed by atoms with E-state index in [0.29, 0.717) is 12.5 Å². The molecule has 110 valence electrons. The Labute approximate surface area is 129 Å². The minimum atomic E-state index is 0.569. The van der Waals surface area contributed by atoms with Crippen LogP contribution in [0.3, 0.4) is 0 Å². The molecule has 5 heteroatoms. The van der Waals surface area contributed by atoms with Crippen molar-refractivity contribution in [2.45, 2.75) is 25.8 Å². The van der Waals surface area contributed by atoms with Gasteiger partial charge in [-0.2, -0.15) is 0 Å². The lowest BCUT2D eigenvalue weighted by molar-refractivity contribution is 0.338. The third-order valence-corrected chi connectivity index (χ3v) is 4.51. The molecule has 1 saturated heterocycles. The number of aliphatic imine (C=N–C) groups is 1. The summed E-state index contributed by atoms with van der Waals surface area (Å²) in [5.41, 5.74) is 8.23. The minimum Gasteiger partial charge on any atom is -0.370 e. The van der Waals surface area contributed by atoms with Gasteiger partial charge in [0.1, 0.15) is 5.01 Å². The number of aromatic nitrogens is 1. The third kappa shape index (κ3) is 3.61. The first-order chi connectivity index (χ1) is 10.3. The van der Waals surface area contributed by atoms with E-state index in [0.717, 1.165) is 29.4 Å². The lowest BCUT2D eigenvalue weighted by Crippen LogP contribution is -2.40. The molecule has 0 saturated carbocycles. The first-order valence-electron chi connectivity index (χ1n) is 7.37. The molecule has 0 bridgehead atoms. The maximum atomic E-state index is 6.07. The molecular weight excluding hydrogens is 280 g/mol. The molecule has 4 nitrogen and oxygen atoms in total. The number of piperidine rings is 1. The van der Waals surface area contributed by atoms with Crippen LogP contribution in [0.25, 0.3) is 11.3 Å². The highest BCUT2D eigenvalue weighted by Gasteiger charge is 2.12. The number of guanidine groups is 1. The number of benzene rings is 1. The Hall–Kier alpha value is -1.88. The summed E-state index contributed by atoms with van der Waals surface area (Å²) in [6.07, 6.45) is 3.73. The second-order valence-electron chi connectivity index (χ2n) is 5.21. The van der Waals surface area contributed by atoms with Crippen molar-refractivity contribution in [3.8, 4) is 11.3 Å². The molecule has 21 heavy (non-hydrogen) atoms. The Kier molecular flexibility index (Phi) is 4.50. The largest absolute Gasteiger partial charge is 0.370 e. The smallest absolute Gasteiger partial charge is 0.191 e. The summed E-state index contributed by atoms with van der Waals surface area (Å²) >= 11 is 1.64. The molecule has 2 N–H and O–H groups in total. The topological polar surface area (TPSA) is 54.5 Å². The van der Waals surface area contributed by atoms with Crippen LogP contribution in [-0.4, -0.2) is 28.9 Å². The first kappa shape index (κ1) is 14.1. The summed E-state index contributed by atoms with van der Waals surface area (Å²) in [4.78, 5) is 11.3. The van der Waals surface area contributed by atoms with E-state index in [1.165, 1.54) is 19.3 Å². The van der Waals surface area contributed by atoms with Crippen molar-refractivity contribution in [1.82, 2.24) is 9.88 Å². The lowest BCUT2D eigenvalue weighted by Gasteiger charge is -2.27. The predicted molar refractivity (Wildman–Crippen MR) is 88.3 cm³/mol. The summed E-state index contributed by atoms with van der Waals surface area (Å²) in [7, 11) is 0. The zero-order chi connectivity index (χ0) is 14.5. The quantitative estimate of drug-likeness (QED) is 0.700. The number of thiazole rings is 1. The van der Waals surface area contributed by atoms with Crippen LogP contribution in [0.15, 0.2) is 40.7 Å². The molecule has 2 aromatic rings.